The van der Waals surface area contributed by atoms with Gasteiger partial charge in [-0.3, -0.25) is 19.1 Å². The van der Waals surface area contributed by atoms with Gasteiger partial charge in [-0.2, -0.15) is 0 Å². The van der Waals surface area contributed by atoms with Crippen molar-refractivity contribution in [1.82, 2.24) is 9.55 Å². The Bertz CT molecular complexity index is 1330. The highest BCUT2D eigenvalue weighted by atomic mass is 16.5. The zero-order chi connectivity index (χ0) is 24.2. The van der Waals surface area contributed by atoms with Crippen molar-refractivity contribution in [2.24, 2.45) is 0 Å². The molecule has 1 aliphatic heterocycles. The highest BCUT2D eigenvalue weighted by Gasteiger charge is 2.34. The number of aromatic nitrogens is 2. The maximum Gasteiger partial charge on any atom is 0.339 e. The van der Waals surface area contributed by atoms with Gasteiger partial charge in [0.05, 0.1) is 18.5 Å². The van der Waals surface area contributed by atoms with Crippen LogP contribution < -0.4 is 21.9 Å². The zero-order valence-electron chi connectivity index (χ0n) is 18.8. The third kappa shape index (κ3) is 4.50. The molecular formula is C25H26N4O5. The molecule has 34 heavy (non-hydrogen) atoms. The number of H-pyrrole nitrogens is 1. The molecule has 2 aromatic carbocycles. The number of nitrogens with one attached hydrogen (secondary N) is 1. The number of carbonyl (C=O) groups is 2. The summed E-state index contributed by atoms with van der Waals surface area (Å²) in [5.74, 6) is -1.00. The van der Waals surface area contributed by atoms with E-state index in [1.54, 1.807) is 24.3 Å². The average molecular weight is 463 g/mol. The molecule has 1 aliphatic rings. The molecule has 9 nitrogen and oxygen atoms in total. The first-order chi connectivity index (χ1) is 16.4. The monoisotopic (exact) mass is 462 g/mol. The van der Waals surface area contributed by atoms with Crippen molar-refractivity contribution in [2.75, 3.05) is 17.2 Å². The Kier molecular flexibility index (Phi) is 6.62. The van der Waals surface area contributed by atoms with E-state index >= 15 is 0 Å². The van der Waals surface area contributed by atoms with Crippen molar-refractivity contribution in [3.8, 4) is 0 Å². The summed E-state index contributed by atoms with van der Waals surface area (Å²) >= 11 is 0. The number of amides is 1. The highest BCUT2D eigenvalue weighted by molar-refractivity contribution is 5.98. The molecule has 1 amide bonds. The predicted molar refractivity (Wildman–Crippen MR) is 128 cm³/mol. The minimum atomic E-state index is -0.754. The van der Waals surface area contributed by atoms with Crippen molar-refractivity contribution in [1.29, 1.82) is 0 Å². The van der Waals surface area contributed by atoms with Crippen LogP contribution in [0.4, 0.5) is 11.5 Å². The average Bonchev–Trinajstić information content (AvgIpc) is 3.14. The largest absolute Gasteiger partial charge is 0.453 e. The van der Waals surface area contributed by atoms with Gasteiger partial charge in [-0.25, -0.2) is 9.59 Å². The summed E-state index contributed by atoms with van der Waals surface area (Å²) in [5.41, 5.74) is 6.72. The fraction of sp³-hybridized carbons (Fsp3) is 0.280. The number of fused-ring (bicyclic) bond motifs is 1. The SMILES string of the molecule is CCCCN(C(=O)C[C@@H]1OC(=O)c2ccccc21)c1c(N)n(Cc2ccccc2)c(=O)[nH]c1=O. The normalized spacial score (nSPS) is 14.5. The number of benzene rings is 2. The lowest BCUT2D eigenvalue weighted by atomic mass is 10.0. The molecule has 1 atom stereocenters. The third-order valence-corrected chi connectivity index (χ3v) is 5.84. The van der Waals surface area contributed by atoms with E-state index < -0.39 is 29.2 Å². The number of hydrogen-bond acceptors (Lipinski definition) is 6. The predicted octanol–water partition coefficient (Wildman–Crippen LogP) is 2.60. The lowest BCUT2D eigenvalue weighted by molar-refractivity contribution is -0.120. The van der Waals surface area contributed by atoms with Crippen LogP contribution in [0.25, 0.3) is 0 Å². The lowest BCUT2D eigenvalue weighted by Gasteiger charge is -2.25. The van der Waals surface area contributed by atoms with Crippen LogP contribution in [0.2, 0.25) is 0 Å². The first-order valence-corrected chi connectivity index (χ1v) is 11.2. The van der Waals surface area contributed by atoms with E-state index in [1.807, 2.05) is 37.3 Å². The van der Waals surface area contributed by atoms with Gasteiger partial charge >= 0.3 is 11.7 Å². The number of unbranched alkanes of at least 4 members (excludes halogenated alkanes) is 1. The van der Waals surface area contributed by atoms with Crippen LogP contribution >= 0.6 is 0 Å². The zero-order valence-corrected chi connectivity index (χ0v) is 18.8. The van der Waals surface area contributed by atoms with Gasteiger partial charge in [-0.15, -0.1) is 0 Å². The van der Waals surface area contributed by atoms with Crippen LogP contribution in [0.5, 0.6) is 0 Å². The van der Waals surface area contributed by atoms with Gasteiger partial charge < -0.3 is 15.4 Å². The van der Waals surface area contributed by atoms with E-state index in [4.69, 9.17) is 10.5 Å². The molecule has 3 aromatic rings. The van der Waals surface area contributed by atoms with Crippen molar-refractivity contribution in [3.05, 3.63) is 92.1 Å². The first kappa shape index (κ1) is 23.0. The number of carbonyl (C=O) groups excluding carboxylic acids is 2. The number of anilines is 2. The van der Waals surface area contributed by atoms with E-state index in [0.29, 0.717) is 17.5 Å². The number of cyclic esters (lactones) is 1. The molecule has 0 bridgehead atoms. The molecule has 0 saturated carbocycles. The number of nitrogen functional groups attached to an aromatic ring is 1. The molecule has 2 heterocycles. The molecule has 0 radical (unpaired) electrons. The fourth-order valence-electron chi connectivity index (χ4n) is 4.08. The number of aromatic amines is 1. The molecule has 0 spiro atoms. The smallest absolute Gasteiger partial charge is 0.339 e. The molecule has 1 aromatic heterocycles. The minimum Gasteiger partial charge on any atom is -0.453 e. The maximum absolute atomic E-state index is 13.4. The Morgan fingerprint density at radius 1 is 1.09 bits per heavy atom. The molecule has 3 N–H and O–H groups in total. The molecule has 0 aliphatic carbocycles. The summed E-state index contributed by atoms with van der Waals surface area (Å²) in [6.07, 6.45) is 0.481. The van der Waals surface area contributed by atoms with Gasteiger partial charge in [0.2, 0.25) is 5.91 Å². The van der Waals surface area contributed by atoms with Gasteiger partial charge in [0, 0.05) is 12.1 Å². The Hall–Kier alpha value is -4.14. The summed E-state index contributed by atoms with van der Waals surface area (Å²) in [6.45, 7) is 2.33. The maximum atomic E-state index is 13.4. The quantitative estimate of drug-likeness (QED) is 0.496. The topological polar surface area (TPSA) is 127 Å². The van der Waals surface area contributed by atoms with Crippen molar-refractivity contribution in [2.45, 2.75) is 38.8 Å². The van der Waals surface area contributed by atoms with E-state index in [-0.39, 0.29) is 31.0 Å². The molecule has 0 fully saturated rings. The van der Waals surface area contributed by atoms with Crippen LogP contribution in [-0.4, -0.2) is 28.0 Å². The van der Waals surface area contributed by atoms with Gasteiger partial charge in [-0.1, -0.05) is 61.9 Å². The van der Waals surface area contributed by atoms with Gasteiger partial charge in [0.25, 0.3) is 5.56 Å². The molecular weight excluding hydrogens is 436 g/mol. The second-order valence-corrected chi connectivity index (χ2v) is 8.15. The molecule has 0 unspecified atom stereocenters. The highest BCUT2D eigenvalue weighted by Crippen LogP contribution is 2.34. The number of hydrogen-bond donors (Lipinski definition) is 2. The lowest BCUT2D eigenvalue weighted by Crippen LogP contribution is -2.42. The van der Waals surface area contributed by atoms with Crippen molar-refractivity contribution < 1.29 is 14.3 Å². The second kappa shape index (κ2) is 9.78. The molecule has 176 valence electrons. The van der Waals surface area contributed by atoms with Gasteiger partial charge in [-0.05, 0) is 18.1 Å². The number of nitrogens with zero attached hydrogens (tertiary/aromatic N) is 2. The molecule has 4 rings (SSSR count). The van der Waals surface area contributed by atoms with Crippen molar-refractivity contribution >= 4 is 23.4 Å². The summed E-state index contributed by atoms with van der Waals surface area (Å²) in [5, 5.41) is 0. The minimum absolute atomic E-state index is 0.0772. The fourth-order valence-corrected chi connectivity index (χ4v) is 4.08. The molecule has 0 saturated heterocycles. The van der Waals surface area contributed by atoms with Crippen LogP contribution in [0.15, 0.2) is 64.2 Å². The third-order valence-electron chi connectivity index (χ3n) is 5.84. The van der Waals surface area contributed by atoms with Crippen LogP contribution in [0.3, 0.4) is 0 Å². The number of rotatable bonds is 8. The van der Waals surface area contributed by atoms with Gasteiger partial charge in [0.15, 0.2) is 5.69 Å². The Balaban J connectivity index is 1.69. The number of esters is 1. The number of nitrogens with two attached hydrogens (primary N) is 1. The summed E-state index contributed by atoms with van der Waals surface area (Å²) in [4.78, 5) is 54.6. The van der Waals surface area contributed by atoms with E-state index in [2.05, 4.69) is 4.98 Å². The first-order valence-electron chi connectivity index (χ1n) is 11.2. The Labute approximate surface area is 195 Å². The van der Waals surface area contributed by atoms with Crippen LogP contribution in [0, 0.1) is 0 Å². The van der Waals surface area contributed by atoms with E-state index in [9.17, 15) is 19.2 Å². The second-order valence-electron chi connectivity index (χ2n) is 8.15. The summed E-state index contributed by atoms with van der Waals surface area (Å²) < 4.78 is 6.66. The Morgan fingerprint density at radius 3 is 2.53 bits per heavy atom. The van der Waals surface area contributed by atoms with Crippen LogP contribution in [-0.2, 0) is 16.1 Å². The summed E-state index contributed by atoms with van der Waals surface area (Å²) in [6, 6.07) is 16.1. The van der Waals surface area contributed by atoms with E-state index in [1.165, 1.54) is 9.47 Å². The van der Waals surface area contributed by atoms with Crippen LogP contribution in [0.1, 0.15) is 53.8 Å². The standard InChI is InChI=1S/C25H26N4O5/c1-2-3-13-28(20(30)14-19-17-11-7-8-12-18(17)24(32)34-19)21-22(26)29(25(33)27-23(21)31)15-16-9-5-4-6-10-16/h4-12,19H,2-3,13-15,26H2,1H3,(H,27,31,33)/t19-/m0/s1. The number of ether oxygens (including phenoxy) is 1. The molecule has 9 heteroatoms. The van der Waals surface area contributed by atoms with E-state index in [0.717, 1.165) is 12.0 Å². The summed E-state index contributed by atoms with van der Waals surface area (Å²) in [7, 11) is 0. The van der Waals surface area contributed by atoms with Crippen molar-refractivity contribution in [3.63, 3.8) is 0 Å². The Morgan fingerprint density at radius 2 is 1.79 bits per heavy atom. The van der Waals surface area contributed by atoms with Gasteiger partial charge in [0.1, 0.15) is 11.9 Å².